The molecule has 1 rings (SSSR count). The van der Waals surface area contributed by atoms with Crippen LogP contribution in [0, 0.1) is 5.92 Å². The summed E-state index contributed by atoms with van der Waals surface area (Å²) in [5, 5.41) is 0. The molecule has 0 aliphatic carbocycles. The third kappa shape index (κ3) is 9.38. The SMILES string of the molecule is CC1CCCN(C(N)=NCCCN(C)CC(F)(F)F)C1.I. The Bertz CT molecular complexity index is 323. The van der Waals surface area contributed by atoms with Gasteiger partial charge in [-0.3, -0.25) is 9.89 Å². The predicted octanol–water partition coefficient (Wildman–Crippen LogP) is 2.54. The van der Waals surface area contributed by atoms with Gasteiger partial charge in [0.15, 0.2) is 5.96 Å². The number of nitrogens with two attached hydrogens (primary N) is 1. The maximum absolute atomic E-state index is 12.1. The average Bonchev–Trinajstić information content (AvgIpc) is 2.32. The minimum Gasteiger partial charge on any atom is -0.370 e. The summed E-state index contributed by atoms with van der Waals surface area (Å²) in [6, 6.07) is 0. The number of nitrogens with zero attached hydrogens (tertiary/aromatic N) is 3. The summed E-state index contributed by atoms with van der Waals surface area (Å²) in [5.41, 5.74) is 5.91. The minimum atomic E-state index is -4.14. The van der Waals surface area contributed by atoms with Crippen LogP contribution in [0.3, 0.4) is 0 Å². The molecule has 0 saturated carbocycles. The van der Waals surface area contributed by atoms with Crippen molar-refractivity contribution in [1.82, 2.24) is 9.80 Å². The number of likely N-dealkylation sites (tertiary alicyclic amines) is 1. The number of hydrogen-bond donors (Lipinski definition) is 1. The Morgan fingerprint density at radius 1 is 1.43 bits per heavy atom. The maximum Gasteiger partial charge on any atom is 0.401 e. The first kappa shape index (κ1) is 20.8. The molecule has 1 aliphatic rings. The highest BCUT2D eigenvalue weighted by Crippen LogP contribution is 2.16. The number of piperidine rings is 1. The lowest BCUT2D eigenvalue weighted by Crippen LogP contribution is -2.43. The van der Waals surface area contributed by atoms with E-state index in [9.17, 15) is 13.2 Å². The topological polar surface area (TPSA) is 44.9 Å². The lowest BCUT2D eigenvalue weighted by atomic mass is 10.0. The van der Waals surface area contributed by atoms with Crippen LogP contribution in [0.5, 0.6) is 0 Å². The number of rotatable bonds is 5. The maximum atomic E-state index is 12.1. The second kappa shape index (κ2) is 9.70. The molecule has 126 valence electrons. The molecule has 1 saturated heterocycles. The van der Waals surface area contributed by atoms with Gasteiger partial charge in [-0.1, -0.05) is 6.92 Å². The van der Waals surface area contributed by atoms with Gasteiger partial charge in [-0.05, 0) is 38.8 Å². The van der Waals surface area contributed by atoms with Crippen molar-refractivity contribution in [2.24, 2.45) is 16.6 Å². The molecule has 1 heterocycles. The molecule has 0 aromatic heterocycles. The minimum absolute atomic E-state index is 0. The van der Waals surface area contributed by atoms with E-state index in [1.807, 2.05) is 0 Å². The fourth-order valence-corrected chi connectivity index (χ4v) is 2.42. The lowest BCUT2D eigenvalue weighted by Gasteiger charge is -2.31. The molecule has 0 aromatic carbocycles. The van der Waals surface area contributed by atoms with E-state index in [4.69, 9.17) is 5.73 Å². The van der Waals surface area contributed by atoms with Gasteiger partial charge in [0.25, 0.3) is 0 Å². The third-order valence-corrected chi connectivity index (χ3v) is 3.40. The van der Waals surface area contributed by atoms with E-state index in [1.165, 1.54) is 18.4 Å². The largest absolute Gasteiger partial charge is 0.401 e. The first-order chi connectivity index (χ1) is 9.28. The molecule has 21 heavy (non-hydrogen) atoms. The molecule has 2 N–H and O–H groups in total. The van der Waals surface area contributed by atoms with Crippen molar-refractivity contribution in [1.29, 1.82) is 0 Å². The Morgan fingerprint density at radius 3 is 2.67 bits per heavy atom. The van der Waals surface area contributed by atoms with Crippen LogP contribution in [0.4, 0.5) is 13.2 Å². The van der Waals surface area contributed by atoms with Gasteiger partial charge < -0.3 is 10.6 Å². The first-order valence-electron chi connectivity index (χ1n) is 7.08. The van der Waals surface area contributed by atoms with E-state index < -0.39 is 12.7 Å². The Balaban J connectivity index is 0.00000400. The van der Waals surface area contributed by atoms with Crippen LogP contribution in [-0.2, 0) is 0 Å². The van der Waals surface area contributed by atoms with Crippen molar-refractivity contribution >= 4 is 29.9 Å². The van der Waals surface area contributed by atoms with Gasteiger partial charge in [0, 0.05) is 19.6 Å². The van der Waals surface area contributed by atoms with Crippen molar-refractivity contribution in [3.63, 3.8) is 0 Å². The van der Waals surface area contributed by atoms with Crippen LogP contribution in [0.15, 0.2) is 4.99 Å². The van der Waals surface area contributed by atoms with E-state index in [2.05, 4.69) is 16.8 Å². The standard InChI is InChI=1S/C13H25F3N4.HI/c1-11-5-3-8-20(9-11)12(17)18-6-4-7-19(2)10-13(14,15)16;/h11H,3-10H2,1-2H3,(H2,17,18);1H. The van der Waals surface area contributed by atoms with E-state index in [0.717, 1.165) is 19.5 Å². The normalized spacial score (nSPS) is 20.6. The highest BCUT2D eigenvalue weighted by molar-refractivity contribution is 14.0. The number of hydrogen-bond acceptors (Lipinski definition) is 2. The second-order valence-electron chi connectivity index (χ2n) is 5.64. The number of guanidine groups is 1. The van der Waals surface area contributed by atoms with Crippen LogP contribution in [0.1, 0.15) is 26.2 Å². The fraction of sp³-hybridized carbons (Fsp3) is 0.923. The monoisotopic (exact) mass is 422 g/mol. The lowest BCUT2D eigenvalue weighted by molar-refractivity contribution is -0.143. The summed E-state index contributed by atoms with van der Waals surface area (Å²) < 4.78 is 36.4. The van der Waals surface area contributed by atoms with Gasteiger partial charge >= 0.3 is 6.18 Å². The van der Waals surface area contributed by atoms with Crippen molar-refractivity contribution in [3.05, 3.63) is 0 Å². The van der Waals surface area contributed by atoms with Crippen LogP contribution < -0.4 is 5.73 Å². The van der Waals surface area contributed by atoms with E-state index in [1.54, 1.807) is 0 Å². The molecule has 0 aromatic rings. The highest BCUT2D eigenvalue weighted by Gasteiger charge is 2.28. The summed E-state index contributed by atoms with van der Waals surface area (Å²) in [6.45, 7) is 3.99. The molecule has 0 amide bonds. The second-order valence-corrected chi connectivity index (χ2v) is 5.64. The van der Waals surface area contributed by atoms with Crippen molar-refractivity contribution in [3.8, 4) is 0 Å². The van der Waals surface area contributed by atoms with Gasteiger partial charge in [-0.2, -0.15) is 13.2 Å². The predicted molar refractivity (Wildman–Crippen MR) is 90.0 cm³/mol. The van der Waals surface area contributed by atoms with Crippen LogP contribution in [0.25, 0.3) is 0 Å². The smallest absolute Gasteiger partial charge is 0.370 e. The van der Waals surface area contributed by atoms with Crippen molar-refractivity contribution in [2.45, 2.75) is 32.4 Å². The van der Waals surface area contributed by atoms with Crippen LogP contribution >= 0.6 is 24.0 Å². The zero-order chi connectivity index (χ0) is 15.2. The molecule has 0 bridgehead atoms. The Kier molecular flexibility index (Phi) is 9.59. The molecule has 1 atom stereocenters. The fourth-order valence-electron chi connectivity index (χ4n) is 2.42. The van der Waals surface area contributed by atoms with Gasteiger partial charge in [-0.25, -0.2) is 0 Å². The summed E-state index contributed by atoms with van der Waals surface area (Å²) in [6.07, 6.45) is -1.23. The number of aliphatic imine (C=N–C) groups is 1. The van der Waals surface area contributed by atoms with Gasteiger partial charge in [-0.15, -0.1) is 24.0 Å². The summed E-state index contributed by atoms with van der Waals surface area (Å²) in [4.78, 5) is 7.58. The quantitative estimate of drug-likeness (QED) is 0.321. The zero-order valence-electron chi connectivity index (χ0n) is 12.7. The Hall–Kier alpha value is -0.250. The third-order valence-electron chi connectivity index (χ3n) is 3.40. The van der Waals surface area contributed by atoms with Crippen molar-refractivity contribution < 1.29 is 13.2 Å². The molecule has 4 nitrogen and oxygen atoms in total. The molecular weight excluding hydrogens is 396 g/mol. The van der Waals surface area contributed by atoms with E-state index in [0.29, 0.717) is 31.4 Å². The summed E-state index contributed by atoms with van der Waals surface area (Å²) >= 11 is 0. The van der Waals surface area contributed by atoms with Gasteiger partial charge in [0.2, 0.25) is 0 Å². The summed E-state index contributed by atoms with van der Waals surface area (Å²) in [7, 11) is 1.47. The molecule has 1 unspecified atom stereocenters. The first-order valence-corrected chi connectivity index (χ1v) is 7.08. The van der Waals surface area contributed by atoms with Crippen LogP contribution in [0.2, 0.25) is 0 Å². The van der Waals surface area contributed by atoms with Crippen LogP contribution in [-0.4, -0.2) is 61.7 Å². The van der Waals surface area contributed by atoms with Crippen molar-refractivity contribution in [2.75, 3.05) is 39.8 Å². The van der Waals surface area contributed by atoms with E-state index in [-0.39, 0.29) is 24.0 Å². The molecule has 8 heteroatoms. The molecule has 1 aliphatic heterocycles. The number of alkyl halides is 3. The molecule has 1 fully saturated rings. The van der Waals surface area contributed by atoms with Gasteiger partial charge in [0.05, 0.1) is 6.54 Å². The molecule has 0 spiro atoms. The highest BCUT2D eigenvalue weighted by atomic mass is 127. The molecular formula is C13H26F3IN4. The Morgan fingerprint density at radius 2 is 2.10 bits per heavy atom. The zero-order valence-corrected chi connectivity index (χ0v) is 15.0. The van der Waals surface area contributed by atoms with E-state index >= 15 is 0 Å². The number of halogens is 4. The summed E-state index contributed by atoms with van der Waals surface area (Å²) in [5.74, 6) is 1.14. The Labute approximate surface area is 142 Å². The van der Waals surface area contributed by atoms with Gasteiger partial charge in [0.1, 0.15) is 0 Å². The average molecular weight is 422 g/mol. The molecule has 0 radical (unpaired) electrons.